The number of likely N-dealkylation sites (N-methyl/N-ethyl adjacent to an activating group) is 1. The molecule has 62 valence electrons. The van der Waals surface area contributed by atoms with Crippen LogP contribution in [0.1, 0.15) is 0 Å². The van der Waals surface area contributed by atoms with Crippen LogP contribution in [0.2, 0.25) is 0 Å². The lowest BCUT2D eigenvalue weighted by Crippen LogP contribution is -2.15. The van der Waals surface area contributed by atoms with Crippen LogP contribution >= 0.6 is 0 Å². The Morgan fingerprint density at radius 1 is 1.73 bits per heavy atom. The molecule has 0 amide bonds. The summed E-state index contributed by atoms with van der Waals surface area (Å²) in [7, 11) is 5.60. The van der Waals surface area contributed by atoms with E-state index in [2.05, 4.69) is 15.3 Å². The van der Waals surface area contributed by atoms with Gasteiger partial charge in [-0.05, 0) is 5.53 Å². The SMILES string of the molecule is CN/C=C(/CN=[N+]=[N-])N(C)C. The fourth-order valence-corrected chi connectivity index (χ4v) is 0.587. The van der Waals surface area contributed by atoms with Crippen molar-refractivity contribution in [3.63, 3.8) is 0 Å². The van der Waals surface area contributed by atoms with Crippen LogP contribution in [0.3, 0.4) is 0 Å². The van der Waals surface area contributed by atoms with E-state index < -0.39 is 0 Å². The Labute approximate surface area is 66.3 Å². The molecule has 0 saturated carbocycles. The Morgan fingerprint density at radius 2 is 2.36 bits per heavy atom. The normalized spacial score (nSPS) is 10.3. The molecule has 0 rings (SSSR count). The van der Waals surface area contributed by atoms with Crippen LogP contribution in [-0.4, -0.2) is 32.6 Å². The minimum Gasteiger partial charge on any atom is -0.393 e. The summed E-state index contributed by atoms with van der Waals surface area (Å²) < 4.78 is 0. The summed E-state index contributed by atoms with van der Waals surface area (Å²) in [6.45, 7) is 0.379. The molecule has 0 aliphatic carbocycles. The van der Waals surface area contributed by atoms with Crippen LogP contribution in [0.5, 0.6) is 0 Å². The van der Waals surface area contributed by atoms with E-state index in [9.17, 15) is 0 Å². The monoisotopic (exact) mass is 155 g/mol. The van der Waals surface area contributed by atoms with E-state index in [0.717, 1.165) is 5.70 Å². The molecule has 0 bridgehead atoms. The smallest absolute Gasteiger partial charge is 0.0675 e. The molecule has 0 radical (unpaired) electrons. The van der Waals surface area contributed by atoms with Gasteiger partial charge >= 0.3 is 0 Å². The van der Waals surface area contributed by atoms with E-state index in [1.165, 1.54) is 0 Å². The topological polar surface area (TPSA) is 64.0 Å². The highest BCUT2D eigenvalue weighted by molar-refractivity contribution is 4.99. The Hall–Kier alpha value is -1.35. The number of nitrogens with one attached hydrogen (secondary N) is 1. The number of hydrogen-bond donors (Lipinski definition) is 1. The van der Waals surface area contributed by atoms with Gasteiger partial charge in [-0.25, -0.2) is 0 Å². The highest BCUT2D eigenvalue weighted by atomic mass is 15.2. The third-order valence-corrected chi connectivity index (χ3v) is 1.18. The van der Waals surface area contributed by atoms with Crippen molar-refractivity contribution < 1.29 is 0 Å². The third kappa shape index (κ3) is 4.11. The molecule has 0 fully saturated rings. The number of azide groups is 1. The molecule has 0 spiro atoms. The highest BCUT2D eigenvalue weighted by Crippen LogP contribution is 1.96. The van der Waals surface area contributed by atoms with Crippen LogP contribution in [0, 0.1) is 0 Å². The van der Waals surface area contributed by atoms with Crippen LogP contribution in [0.15, 0.2) is 17.0 Å². The fraction of sp³-hybridized carbons (Fsp3) is 0.667. The maximum absolute atomic E-state index is 8.06. The summed E-state index contributed by atoms with van der Waals surface area (Å²) in [4.78, 5) is 4.56. The summed E-state index contributed by atoms with van der Waals surface area (Å²) in [6.07, 6.45) is 1.80. The van der Waals surface area contributed by atoms with Gasteiger partial charge in [-0.3, -0.25) is 0 Å². The standard InChI is InChI=1S/C6H13N5/c1-8-4-6(11(2)3)5-9-10-7/h4,8H,5H2,1-3H3/b6-4-. The van der Waals surface area contributed by atoms with Crippen molar-refractivity contribution >= 4 is 0 Å². The second kappa shape index (κ2) is 5.44. The van der Waals surface area contributed by atoms with Crippen molar-refractivity contribution in [2.45, 2.75) is 0 Å². The predicted octanol–water partition coefficient (Wildman–Crippen LogP) is 0.919. The zero-order valence-electron chi connectivity index (χ0n) is 7.07. The van der Waals surface area contributed by atoms with Crippen LogP contribution < -0.4 is 5.32 Å². The molecule has 0 atom stereocenters. The van der Waals surface area contributed by atoms with Gasteiger partial charge in [0.05, 0.1) is 6.54 Å². The van der Waals surface area contributed by atoms with Gasteiger partial charge in [0.1, 0.15) is 0 Å². The molecule has 0 aromatic heterocycles. The molecule has 5 nitrogen and oxygen atoms in total. The first-order valence-electron chi connectivity index (χ1n) is 3.27. The number of hydrogen-bond acceptors (Lipinski definition) is 3. The van der Waals surface area contributed by atoms with Crippen LogP contribution in [0.4, 0.5) is 0 Å². The summed E-state index contributed by atoms with van der Waals surface area (Å²) >= 11 is 0. The maximum atomic E-state index is 8.06. The van der Waals surface area contributed by atoms with Gasteiger partial charge in [-0.15, -0.1) is 0 Å². The Balaban J connectivity index is 4.11. The van der Waals surface area contributed by atoms with Crippen molar-refractivity contribution in [1.82, 2.24) is 10.2 Å². The molecule has 0 unspecified atom stereocenters. The Morgan fingerprint density at radius 3 is 2.73 bits per heavy atom. The van der Waals surface area contributed by atoms with Gasteiger partial charge in [-0.2, -0.15) is 0 Å². The quantitative estimate of drug-likeness (QED) is 0.372. The van der Waals surface area contributed by atoms with E-state index >= 15 is 0 Å². The molecule has 0 aromatic carbocycles. The van der Waals surface area contributed by atoms with E-state index in [1.54, 1.807) is 13.2 Å². The number of nitrogens with zero attached hydrogens (tertiary/aromatic N) is 4. The fourth-order valence-electron chi connectivity index (χ4n) is 0.587. The predicted molar refractivity (Wildman–Crippen MR) is 44.8 cm³/mol. The van der Waals surface area contributed by atoms with Gasteiger partial charge in [0, 0.05) is 38.0 Å². The molecule has 11 heavy (non-hydrogen) atoms. The molecule has 5 heteroatoms. The van der Waals surface area contributed by atoms with Gasteiger partial charge in [0.2, 0.25) is 0 Å². The number of rotatable bonds is 4. The van der Waals surface area contributed by atoms with Crippen molar-refractivity contribution in [3.8, 4) is 0 Å². The summed E-state index contributed by atoms with van der Waals surface area (Å²) in [6, 6.07) is 0. The van der Waals surface area contributed by atoms with E-state index in [0.29, 0.717) is 6.54 Å². The Bertz CT molecular complexity index is 177. The minimum absolute atomic E-state index is 0.379. The molecule has 0 aliphatic rings. The van der Waals surface area contributed by atoms with Crippen molar-refractivity contribution in [2.75, 3.05) is 27.7 Å². The second-order valence-corrected chi connectivity index (χ2v) is 2.21. The molecular formula is C6H13N5. The van der Waals surface area contributed by atoms with Crippen LogP contribution in [0.25, 0.3) is 10.4 Å². The first-order valence-corrected chi connectivity index (χ1v) is 3.27. The highest BCUT2D eigenvalue weighted by Gasteiger charge is 1.95. The van der Waals surface area contributed by atoms with E-state index in [-0.39, 0.29) is 0 Å². The summed E-state index contributed by atoms with van der Waals surface area (Å²) in [5.41, 5.74) is 9.01. The summed E-state index contributed by atoms with van der Waals surface area (Å²) in [5, 5.41) is 6.31. The van der Waals surface area contributed by atoms with Gasteiger partial charge < -0.3 is 10.2 Å². The largest absolute Gasteiger partial charge is 0.393 e. The molecule has 0 heterocycles. The Kier molecular flexibility index (Phi) is 4.77. The summed E-state index contributed by atoms with van der Waals surface area (Å²) in [5.74, 6) is 0. The lowest BCUT2D eigenvalue weighted by Gasteiger charge is -2.14. The average Bonchev–Trinajstić information content (AvgIpc) is 1.97. The van der Waals surface area contributed by atoms with Crippen LogP contribution in [-0.2, 0) is 0 Å². The lowest BCUT2D eigenvalue weighted by atomic mass is 10.4. The maximum Gasteiger partial charge on any atom is 0.0675 e. The zero-order chi connectivity index (χ0) is 8.69. The second-order valence-electron chi connectivity index (χ2n) is 2.21. The zero-order valence-corrected chi connectivity index (χ0v) is 7.07. The molecule has 1 N–H and O–H groups in total. The first kappa shape index (κ1) is 9.65. The van der Waals surface area contributed by atoms with E-state index in [1.807, 2.05) is 19.0 Å². The minimum atomic E-state index is 0.379. The van der Waals surface area contributed by atoms with Gasteiger partial charge in [0.25, 0.3) is 0 Å². The van der Waals surface area contributed by atoms with Gasteiger partial charge in [0.15, 0.2) is 0 Å². The first-order chi connectivity index (χ1) is 5.22. The third-order valence-electron chi connectivity index (χ3n) is 1.18. The average molecular weight is 155 g/mol. The lowest BCUT2D eigenvalue weighted by molar-refractivity contribution is 0.498. The molecule has 0 aliphatic heterocycles. The molecule has 0 saturated heterocycles. The molecule has 0 aromatic rings. The van der Waals surface area contributed by atoms with E-state index in [4.69, 9.17) is 5.53 Å². The van der Waals surface area contributed by atoms with Gasteiger partial charge in [-0.1, -0.05) is 5.11 Å². The van der Waals surface area contributed by atoms with Crippen molar-refractivity contribution in [2.24, 2.45) is 5.11 Å². The van der Waals surface area contributed by atoms with Crippen molar-refractivity contribution in [3.05, 3.63) is 22.3 Å². The molecular weight excluding hydrogens is 142 g/mol. The van der Waals surface area contributed by atoms with Crippen molar-refractivity contribution in [1.29, 1.82) is 0 Å².